The fourth-order valence-corrected chi connectivity index (χ4v) is 2.02. The van der Waals surface area contributed by atoms with Gasteiger partial charge in [-0.25, -0.2) is 4.99 Å². The molecule has 22 heavy (non-hydrogen) atoms. The smallest absolute Gasteiger partial charge is 0.191 e. The highest BCUT2D eigenvalue weighted by Crippen LogP contribution is 2.19. The Kier molecular flexibility index (Phi) is 5.61. The maximum Gasteiger partial charge on any atom is 0.191 e. The molecule has 0 saturated carbocycles. The maximum absolute atomic E-state index is 10.4. The molecule has 0 fully saturated rings. The van der Waals surface area contributed by atoms with Crippen molar-refractivity contribution in [1.82, 2.24) is 10.6 Å². The largest absolute Gasteiger partial charge is 0.466 e. The molecular formula is C17H23N3O2. The number of benzene rings is 1. The minimum absolute atomic E-state index is 0.307. The number of aliphatic imine (C=N–C) groups is 1. The Bertz CT molecular complexity index is 577. The Morgan fingerprint density at radius 3 is 2.59 bits per heavy atom. The number of hydrogen-bond donors (Lipinski definition) is 3. The van der Waals surface area contributed by atoms with E-state index in [9.17, 15) is 5.11 Å². The molecule has 1 heterocycles. The van der Waals surface area contributed by atoms with Crippen molar-refractivity contribution >= 4 is 5.96 Å². The molecular weight excluding hydrogens is 278 g/mol. The first-order valence-corrected chi connectivity index (χ1v) is 7.44. The predicted octanol–water partition coefficient (Wildman–Crippen LogP) is 2.24. The van der Waals surface area contributed by atoms with Crippen LogP contribution in [0.2, 0.25) is 0 Å². The van der Waals surface area contributed by atoms with Crippen LogP contribution in [0, 0.1) is 0 Å². The summed E-state index contributed by atoms with van der Waals surface area (Å²) >= 11 is 0. The van der Waals surface area contributed by atoms with E-state index in [1.165, 1.54) is 0 Å². The minimum atomic E-state index is -1.09. The van der Waals surface area contributed by atoms with Crippen molar-refractivity contribution in [2.24, 2.45) is 4.99 Å². The topological polar surface area (TPSA) is 69.8 Å². The Balaban J connectivity index is 1.96. The van der Waals surface area contributed by atoms with Gasteiger partial charge in [-0.1, -0.05) is 30.3 Å². The highest BCUT2D eigenvalue weighted by molar-refractivity contribution is 5.79. The van der Waals surface area contributed by atoms with Crippen molar-refractivity contribution in [3.8, 4) is 0 Å². The lowest BCUT2D eigenvalue weighted by Crippen LogP contribution is -2.44. The molecule has 0 aliphatic rings. The van der Waals surface area contributed by atoms with Crippen LogP contribution in [0.3, 0.4) is 0 Å². The van der Waals surface area contributed by atoms with Crippen LogP contribution in [0.1, 0.15) is 25.2 Å². The summed E-state index contributed by atoms with van der Waals surface area (Å²) in [5.74, 6) is 1.19. The number of aliphatic hydroxyl groups is 1. The van der Waals surface area contributed by atoms with E-state index in [4.69, 9.17) is 4.42 Å². The van der Waals surface area contributed by atoms with E-state index in [0.29, 0.717) is 24.8 Å². The molecule has 1 aromatic heterocycles. The van der Waals surface area contributed by atoms with Crippen LogP contribution in [0.25, 0.3) is 0 Å². The van der Waals surface area contributed by atoms with Crippen molar-refractivity contribution in [3.63, 3.8) is 0 Å². The molecule has 0 aliphatic carbocycles. The highest BCUT2D eigenvalue weighted by Gasteiger charge is 2.26. The minimum Gasteiger partial charge on any atom is -0.466 e. The molecule has 1 atom stereocenters. The molecule has 0 spiro atoms. The molecule has 5 nitrogen and oxygen atoms in total. The van der Waals surface area contributed by atoms with Crippen LogP contribution >= 0.6 is 0 Å². The third-order valence-corrected chi connectivity index (χ3v) is 3.26. The summed E-state index contributed by atoms with van der Waals surface area (Å²) in [4.78, 5) is 4.52. The fourth-order valence-electron chi connectivity index (χ4n) is 2.02. The van der Waals surface area contributed by atoms with E-state index in [0.717, 1.165) is 12.1 Å². The Hall–Kier alpha value is -2.27. The van der Waals surface area contributed by atoms with Crippen LogP contribution in [0.5, 0.6) is 0 Å². The average molecular weight is 301 g/mol. The number of nitrogens with zero attached hydrogens (tertiary/aromatic N) is 1. The molecule has 2 aromatic rings. The summed E-state index contributed by atoms with van der Waals surface area (Å²) < 4.78 is 5.27. The van der Waals surface area contributed by atoms with E-state index in [-0.39, 0.29) is 0 Å². The third kappa shape index (κ3) is 4.63. The highest BCUT2D eigenvalue weighted by atomic mass is 16.4. The van der Waals surface area contributed by atoms with Crippen LogP contribution < -0.4 is 10.6 Å². The Labute approximate surface area is 131 Å². The van der Waals surface area contributed by atoms with Gasteiger partial charge < -0.3 is 20.2 Å². The van der Waals surface area contributed by atoms with Crippen LogP contribution in [0.4, 0.5) is 0 Å². The van der Waals surface area contributed by atoms with Gasteiger partial charge in [0.1, 0.15) is 11.4 Å². The maximum atomic E-state index is 10.4. The standard InChI is InChI=1S/C17H23N3O2/c1-3-18-16(19-12-14-8-5-4-6-9-14)20-13-17(2,21)15-10-7-11-22-15/h4-11,21H,3,12-13H2,1-2H3,(H2,18,19,20). The molecule has 1 aromatic carbocycles. The van der Waals surface area contributed by atoms with Gasteiger partial charge in [-0.2, -0.15) is 0 Å². The number of nitrogens with one attached hydrogen (secondary N) is 2. The van der Waals surface area contributed by atoms with Gasteiger partial charge >= 0.3 is 0 Å². The van der Waals surface area contributed by atoms with E-state index in [1.807, 2.05) is 37.3 Å². The molecule has 0 aliphatic heterocycles. The SMILES string of the molecule is CCNC(=NCc1ccccc1)NCC(C)(O)c1ccco1. The van der Waals surface area contributed by atoms with E-state index >= 15 is 0 Å². The summed E-state index contributed by atoms with van der Waals surface area (Å²) in [6, 6.07) is 13.6. The molecule has 0 radical (unpaired) electrons. The van der Waals surface area contributed by atoms with Gasteiger partial charge in [0.2, 0.25) is 0 Å². The lowest BCUT2D eigenvalue weighted by Gasteiger charge is -2.22. The molecule has 0 amide bonds. The zero-order valence-corrected chi connectivity index (χ0v) is 13.0. The summed E-state index contributed by atoms with van der Waals surface area (Å²) in [6.45, 7) is 5.35. The third-order valence-electron chi connectivity index (χ3n) is 3.26. The molecule has 0 bridgehead atoms. The summed E-state index contributed by atoms with van der Waals surface area (Å²) in [6.07, 6.45) is 1.55. The predicted molar refractivity (Wildman–Crippen MR) is 87.5 cm³/mol. The average Bonchev–Trinajstić information content (AvgIpc) is 3.06. The van der Waals surface area contributed by atoms with Gasteiger partial charge in [-0.05, 0) is 31.5 Å². The summed E-state index contributed by atoms with van der Waals surface area (Å²) in [5, 5.41) is 16.8. The first kappa shape index (κ1) is 16.1. The monoisotopic (exact) mass is 301 g/mol. The number of hydrogen-bond acceptors (Lipinski definition) is 3. The number of guanidine groups is 1. The lowest BCUT2D eigenvalue weighted by molar-refractivity contribution is 0.0386. The van der Waals surface area contributed by atoms with Gasteiger partial charge in [0, 0.05) is 6.54 Å². The van der Waals surface area contributed by atoms with Gasteiger partial charge in [-0.15, -0.1) is 0 Å². The van der Waals surface area contributed by atoms with E-state index in [2.05, 4.69) is 15.6 Å². The van der Waals surface area contributed by atoms with Crippen molar-refractivity contribution in [1.29, 1.82) is 0 Å². The van der Waals surface area contributed by atoms with E-state index < -0.39 is 5.60 Å². The van der Waals surface area contributed by atoms with Crippen LogP contribution in [-0.2, 0) is 12.1 Å². The molecule has 5 heteroatoms. The number of rotatable bonds is 6. The van der Waals surface area contributed by atoms with Crippen molar-refractivity contribution in [3.05, 3.63) is 60.1 Å². The zero-order valence-electron chi connectivity index (χ0n) is 13.0. The van der Waals surface area contributed by atoms with Crippen molar-refractivity contribution in [2.75, 3.05) is 13.1 Å². The van der Waals surface area contributed by atoms with E-state index in [1.54, 1.807) is 25.3 Å². The van der Waals surface area contributed by atoms with Gasteiger partial charge in [-0.3, -0.25) is 0 Å². The van der Waals surface area contributed by atoms with Crippen LogP contribution in [0.15, 0.2) is 58.1 Å². The summed E-state index contributed by atoms with van der Waals surface area (Å²) in [5.41, 5.74) is 0.0457. The molecule has 118 valence electrons. The number of furan rings is 1. The van der Waals surface area contributed by atoms with Gasteiger partial charge in [0.25, 0.3) is 0 Å². The summed E-state index contributed by atoms with van der Waals surface area (Å²) in [7, 11) is 0. The lowest BCUT2D eigenvalue weighted by atomic mass is 10.0. The molecule has 0 saturated heterocycles. The Morgan fingerprint density at radius 2 is 1.95 bits per heavy atom. The van der Waals surface area contributed by atoms with Gasteiger partial charge in [0.15, 0.2) is 5.96 Å². The molecule has 2 rings (SSSR count). The first-order valence-electron chi connectivity index (χ1n) is 7.44. The Morgan fingerprint density at radius 1 is 1.18 bits per heavy atom. The van der Waals surface area contributed by atoms with Crippen molar-refractivity contribution < 1.29 is 9.52 Å². The quantitative estimate of drug-likeness (QED) is 0.565. The second-order valence-corrected chi connectivity index (χ2v) is 5.29. The van der Waals surface area contributed by atoms with Crippen LogP contribution in [-0.4, -0.2) is 24.2 Å². The second-order valence-electron chi connectivity index (χ2n) is 5.29. The zero-order chi connectivity index (χ0) is 15.8. The molecule has 1 unspecified atom stereocenters. The van der Waals surface area contributed by atoms with Gasteiger partial charge in [0.05, 0.1) is 19.4 Å². The fraction of sp³-hybridized carbons (Fsp3) is 0.353. The second kappa shape index (κ2) is 7.66. The first-order chi connectivity index (χ1) is 10.6. The molecule has 3 N–H and O–H groups in total. The van der Waals surface area contributed by atoms with Crippen molar-refractivity contribution in [2.45, 2.75) is 26.0 Å². The normalized spacial score (nSPS) is 14.4.